The predicted molar refractivity (Wildman–Crippen MR) is 125 cm³/mol. The number of rotatable bonds is 7. The van der Waals surface area contributed by atoms with E-state index in [-0.39, 0.29) is 29.9 Å². The van der Waals surface area contributed by atoms with Gasteiger partial charge in [0, 0.05) is 31.9 Å². The molecule has 2 saturated heterocycles. The highest BCUT2D eigenvalue weighted by Gasteiger charge is 2.35. The second-order valence-corrected chi connectivity index (χ2v) is 10.4. The normalized spacial score (nSPS) is 23.6. The molecule has 1 amide bonds. The summed E-state index contributed by atoms with van der Waals surface area (Å²) >= 11 is 0. The number of amides is 1. The molecule has 3 atom stereocenters. The third-order valence-corrected chi connectivity index (χ3v) is 7.89. The van der Waals surface area contributed by atoms with E-state index < -0.39 is 28.0 Å². The minimum atomic E-state index is -3.89. The maximum atomic E-state index is 13.1. The Morgan fingerprint density at radius 1 is 1.03 bits per heavy atom. The number of carbonyl (C=O) groups excluding carboxylic acids is 1. The first-order chi connectivity index (χ1) is 16.4. The van der Waals surface area contributed by atoms with Gasteiger partial charge in [-0.05, 0) is 49.2 Å². The molecule has 2 aromatic carbocycles. The van der Waals surface area contributed by atoms with Crippen molar-refractivity contribution in [1.82, 2.24) is 9.62 Å². The van der Waals surface area contributed by atoms with Crippen LogP contribution >= 0.6 is 0 Å². The van der Waals surface area contributed by atoms with Crippen LogP contribution in [-0.2, 0) is 19.6 Å². The fourth-order valence-electron chi connectivity index (χ4n) is 4.47. The lowest BCUT2D eigenvalue weighted by atomic mass is 9.97. The number of hydrogen-bond acceptors (Lipinski definition) is 6. The largest absolute Gasteiger partial charge is 0.394 e. The Bertz CT molecular complexity index is 1060. The van der Waals surface area contributed by atoms with Crippen LogP contribution in [0.25, 0.3) is 0 Å². The van der Waals surface area contributed by atoms with Crippen LogP contribution in [0.1, 0.15) is 19.3 Å². The van der Waals surface area contributed by atoms with Gasteiger partial charge in [0.25, 0.3) is 0 Å². The average Bonchev–Trinajstić information content (AvgIpc) is 2.85. The number of benzene rings is 2. The second-order valence-electron chi connectivity index (χ2n) is 8.65. The molecule has 2 aromatic rings. The SMILES string of the molecule is O=C(C[C@@H]1CC[C@@H](NS(=O)(=O)c2ccc(F)cc2)[C@H](CO)O1)N1CCN(c2ccccc2)CC1. The van der Waals surface area contributed by atoms with E-state index in [1.807, 2.05) is 23.1 Å². The van der Waals surface area contributed by atoms with Crippen molar-refractivity contribution in [3.05, 3.63) is 60.4 Å². The minimum Gasteiger partial charge on any atom is -0.394 e. The third kappa shape index (κ3) is 5.93. The van der Waals surface area contributed by atoms with E-state index in [0.717, 1.165) is 30.9 Å². The molecule has 0 spiro atoms. The summed E-state index contributed by atoms with van der Waals surface area (Å²) in [5, 5.41) is 9.79. The number of nitrogens with one attached hydrogen (secondary N) is 1. The smallest absolute Gasteiger partial charge is 0.240 e. The van der Waals surface area contributed by atoms with Gasteiger partial charge in [-0.25, -0.2) is 17.5 Å². The Balaban J connectivity index is 1.28. The highest BCUT2D eigenvalue weighted by molar-refractivity contribution is 7.89. The summed E-state index contributed by atoms with van der Waals surface area (Å²) in [5.41, 5.74) is 1.14. The van der Waals surface area contributed by atoms with Crippen LogP contribution in [-0.4, -0.2) is 75.4 Å². The number of anilines is 1. The molecule has 34 heavy (non-hydrogen) atoms. The molecule has 4 rings (SSSR count). The fraction of sp³-hybridized carbons (Fsp3) is 0.458. The molecule has 10 heteroatoms. The molecule has 2 heterocycles. The minimum absolute atomic E-state index is 0.000237. The van der Waals surface area contributed by atoms with Gasteiger partial charge in [0.05, 0.1) is 36.2 Å². The number of nitrogens with zero attached hydrogens (tertiary/aromatic N) is 2. The van der Waals surface area contributed by atoms with Crippen molar-refractivity contribution in [2.24, 2.45) is 0 Å². The van der Waals surface area contributed by atoms with Crippen molar-refractivity contribution in [3.8, 4) is 0 Å². The van der Waals surface area contributed by atoms with E-state index in [1.54, 1.807) is 0 Å². The van der Waals surface area contributed by atoms with E-state index >= 15 is 0 Å². The van der Waals surface area contributed by atoms with Crippen molar-refractivity contribution in [1.29, 1.82) is 0 Å². The van der Waals surface area contributed by atoms with Crippen LogP contribution in [0.5, 0.6) is 0 Å². The lowest BCUT2D eigenvalue weighted by molar-refractivity contribution is -0.140. The molecule has 0 aliphatic carbocycles. The van der Waals surface area contributed by atoms with E-state index in [2.05, 4.69) is 21.8 Å². The van der Waals surface area contributed by atoms with E-state index in [9.17, 15) is 22.7 Å². The first-order valence-corrected chi connectivity index (χ1v) is 13.0. The number of piperazine rings is 1. The van der Waals surface area contributed by atoms with Crippen molar-refractivity contribution < 1.29 is 27.4 Å². The maximum Gasteiger partial charge on any atom is 0.240 e. The zero-order chi connectivity index (χ0) is 24.1. The molecule has 2 aliphatic rings. The van der Waals surface area contributed by atoms with Crippen LogP contribution in [0.15, 0.2) is 59.5 Å². The summed E-state index contributed by atoms with van der Waals surface area (Å²) in [6.45, 7) is 2.40. The quantitative estimate of drug-likeness (QED) is 0.612. The number of carbonyl (C=O) groups is 1. The lowest BCUT2D eigenvalue weighted by Gasteiger charge is -2.38. The highest BCUT2D eigenvalue weighted by atomic mass is 32.2. The van der Waals surface area contributed by atoms with E-state index in [4.69, 9.17) is 4.74 Å². The van der Waals surface area contributed by atoms with Gasteiger partial charge in [0.1, 0.15) is 5.82 Å². The van der Waals surface area contributed by atoms with E-state index in [0.29, 0.717) is 25.9 Å². The van der Waals surface area contributed by atoms with Crippen LogP contribution in [0.2, 0.25) is 0 Å². The first kappa shape index (κ1) is 24.6. The zero-order valence-corrected chi connectivity index (χ0v) is 19.7. The number of sulfonamides is 1. The molecule has 0 radical (unpaired) electrons. The first-order valence-electron chi connectivity index (χ1n) is 11.5. The molecule has 2 aliphatic heterocycles. The van der Waals surface area contributed by atoms with E-state index in [1.165, 1.54) is 12.1 Å². The van der Waals surface area contributed by atoms with Gasteiger partial charge in [-0.1, -0.05) is 18.2 Å². The summed E-state index contributed by atoms with van der Waals surface area (Å²) in [5.74, 6) is -0.526. The van der Waals surface area contributed by atoms with Gasteiger partial charge in [-0.3, -0.25) is 4.79 Å². The molecule has 0 unspecified atom stereocenters. The Kier molecular flexibility index (Phi) is 7.82. The van der Waals surface area contributed by atoms with Crippen LogP contribution < -0.4 is 9.62 Å². The lowest BCUT2D eigenvalue weighted by Crippen LogP contribution is -2.52. The molecule has 0 bridgehead atoms. The number of halogens is 1. The summed E-state index contributed by atoms with van der Waals surface area (Å²) < 4.78 is 46.9. The zero-order valence-electron chi connectivity index (χ0n) is 18.8. The third-order valence-electron chi connectivity index (χ3n) is 6.38. The van der Waals surface area contributed by atoms with Gasteiger partial charge in [0.15, 0.2) is 0 Å². The molecule has 2 fully saturated rings. The van der Waals surface area contributed by atoms with Gasteiger partial charge >= 0.3 is 0 Å². The van der Waals surface area contributed by atoms with Crippen molar-refractivity contribution in [2.45, 2.75) is 42.4 Å². The summed E-state index contributed by atoms with van der Waals surface area (Å²) in [6.07, 6.45) is -0.0481. The van der Waals surface area contributed by atoms with Gasteiger partial charge in [-0.2, -0.15) is 0 Å². The number of hydrogen-bond donors (Lipinski definition) is 2. The summed E-state index contributed by atoms with van der Waals surface area (Å²) in [4.78, 5) is 16.9. The Labute approximate surface area is 199 Å². The number of para-hydroxylation sites is 1. The van der Waals surface area contributed by atoms with Crippen molar-refractivity contribution in [3.63, 3.8) is 0 Å². The Morgan fingerprint density at radius 3 is 2.35 bits per heavy atom. The standard InChI is InChI=1S/C24H30FN3O5S/c25-18-6-9-21(10-7-18)34(31,32)26-22-11-8-20(33-23(22)17-29)16-24(30)28-14-12-27(13-15-28)19-4-2-1-3-5-19/h1-7,9-10,20,22-23,26,29H,8,11-17H2/t20-,22+,23-/m0/s1. The topological polar surface area (TPSA) is 99.2 Å². The van der Waals surface area contributed by atoms with Crippen LogP contribution in [0.4, 0.5) is 10.1 Å². The van der Waals surface area contributed by atoms with Gasteiger partial charge < -0.3 is 19.6 Å². The molecular weight excluding hydrogens is 461 g/mol. The monoisotopic (exact) mass is 491 g/mol. The Hall–Kier alpha value is -2.53. The molecule has 184 valence electrons. The van der Waals surface area contributed by atoms with Gasteiger partial charge in [0.2, 0.25) is 15.9 Å². The highest BCUT2D eigenvalue weighted by Crippen LogP contribution is 2.25. The molecule has 0 saturated carbocycles. The summed E-state index contributed by atoms with van der Waals surface area (Å²) in [7, 11) is -3.89. The van der Waals surface area contributed by atoms with Crippen molar-refractivity contribution >= 4 is 21.6 Å². The number of aliphatic hydroxyl groups is 1. The average molecular weight is 492 g/mol. The summed E-state index contributed by atoms with van der Waals surface area (Å²) in [6, 6.07) is 14.0. The fourth-order valence-corrected chi connectivity index (χ4v) is 5.77. The molecule has 2 N–H and O–H groups in total. The number of ether oxygens (including phenoxy) is 1. The maximum absolute atomic E-state index is 13.1. The Morgan fingerprint density at radius 2 is 1.71 bits per heavy atom. The van der Waals surface area contributed by atoms with Crippen molar-refractivity contribution in [2.75, 3.05) is 37.7 Å². The number of aliphatic hydroxyl groups excluding tert-OH is 1. The van der Waals surface area contributed by atoms with Crippen LogP contribution in [0.3, 0.4) is 0 Å². The second kappa shape index (κ2) is 10.8. The molecular formula is C24H30FN3O5S. The van der Waals surface area contributed by atoms with Crippen LogP contribution in [0, 0.1) is 5.82 Å². The predicted octanol–water partition coefficient (Wildman–Crippen LogP) is 1.75. The van der Waals surface area contributed by atoms with Gasteiger partial charge in [-0.15, -0.1) is 0 Å². The molecule has 8 nitrogen and oxygen atoms in total. The molecule has 0 aromatic heterocycles.